The number of aromatic amines is 1. The molecule has 0 aliphatic carbocycles. The second-order valence-corrected chi connectivity index (χ2v) is 6.14. The number of halogens is 1. The van der Waals surface area contributed by atoms with E-state index in [1.807, 2.05) is 13.0 Å². The molecule has 0 fully saturated rings. The van der Waals surface area contributed by atoms with Crippen LogP contribution in [-0.2, 0) is 12.0 Å². The molecule has 0 aliphatic heterocycles. The van der Waals surface area contributed by atoms with E-state index in [-0.39, 0.29) is 11.3 Å². The first kappa shape index (κ1) is 14.7. The molecule has 6 heteroatoms. The molecule has 0 saturated carbocycles. The molecule has 2 heterocycles. The summed E-state index contributed by atoms with van der Waals surface area (Å²) in [7, 11) is 0. The number of hydrogen-bond acceptors (Lipinski definition) is 2. The number of H-pyrrole nitrogens is 1. The molecule has 0 aliphatic rings. The summed E-state index contributed by atoms with van der Waals surface area (Å²) < 4.78 is 1.80. The number of carbonyl (C=O) groups excluding carboxylic acids is 1. The third kappa shape index (κ3) is 3.04. The average Bonchev–Trinajstić information content (AvgIpc) is 2.94. The molecule has 1 amide bonds. The van der Waals surface area contributed by atoms with E-state index in [0.29, 0.717) is 23.1 Å². The van der Waals surface area contributed by atoms with Gasteiger partial charge in [-0.1, -0.05) is 32.4 Å². The van der Waals surface area contributed by atoms with Crippen LogP contribution in [0.5, 0.6) is 0 Å². The van der Waals surface area contributed by atoms with Crippen molar-refractivity contribution in [3.05, 3.63) is 34.7 Å². The lowest BCUT2D eigenvalue weighted by molar-refractivity contribution is 0.101. The molecule has 2 rings (SSSR count). The van der Waals surface area contributed by atoms with Crippen LogP contribution >= 0.6 is 11.6 Å². The average molecular weight is 295 g/mol. The van der Waals surface area contributed by atoms with Gasteiger partial charge in [0.1, 0.15) is 5.69 Å². The van der Waals surface area contributed by atoms with Gasteiger partial charge < -0.3 is 9.88 Å². The first-order chi connectivity index (χ1) is 9.31. The van der Waals surface area contributed by atoms with Crippen LogP contribution in [0.3, 0.4) is 0 Å². The highest BCUT2D eigenvalue weighted by molar-refractivity contribution is 6.31. The molecule has 108 valence electrons. The van der Waals surface area contributed by atoms with Crippen molar-refractivity contribution < 1.29 is 4.79 Å². The van der Waals surface area contributed by atoms with Gasteiger partial charge in [-0.2, -0.15) is 5.10 Å². The van der Waals surface area contributed by atoms with Crippen LogP contribution in [-0.4, -0.2) is 20.7 Å². The summed E-state index contributed by atoms with van der Waals surface area (Å²) in [5.41, 5.74) is 1.46. The molecule has 0 bridgehead atoms. The Bertz CT molecular complexity index is 621. The van der Waals surface area contributed by atoms with E-state index in [0.717, 1.165) is 5.69 Å². The van der Waals surface area contributed by atoms with E-state index in [2.05, 4.69) is 36.3 Å². The van der Waals surface area contributed by atoms with Gasteiger partial charge in [-0.15, -0.1) is 0 Å². The summed E-state index contributed by atoms with van der Waals surface area (Å²) >= 11 is 5.93. The summed E-state index contributed by atoms with van der Waals surface area (Å²) in [5, 5.41) is 10.4. The van der Waals surface area contributed by atoms with Crippen molar-refractivity contribution in [2.75, 3.05) is 5.32 Å². The number of anilines is 1. The molecule has 2 aromatic heterocycles. The van der Waals surface area contributed by atoms with Crippen molar-refractivity contribution in [2.24, 2.45) is 0 Å². The van der Waals surface area contributed by atoms with Gasteiger partial charge in [-0.05, 0) is 13.0 Å². The lowest BCUT2D eigenvalue weighted by atomic mass is 9.92. The third-order valence-electron chi connectivity index (χ3n) is 3.06. The lowest BCUT2D eigenvalue weighted by Gasteiger charge is -2.14. The number of aromatic nitrogens is 3. The van der Waals surface area contributed by atoms with Crippen LogP contribution in [0.1, 0.15) is 43.9 Å². The zero-order valence-electron chi connectivity index (χ0n) is 12.1. The number of rotatable bonds is 3. The minimum atomic E-state index is -0.217. The number of carbonyl (C=O) groups is 1. The molecule has 0 unspecified atom stereocenters. The Labute approximate surface area is 123 Å². The minimum Gasteiger partial charge on any atom is -0.342 e. The van der Waals surface area contributed by atoms with Crippen molar-refractivity contribution in [3.63, 3.8) is 0 Å². The van der Waals surface area contributed by atoms with Gasteiger partial charge in [0.25, 0.3) is 5.91 Å². The Morgan fingerprint density at radius 2 is 2.15 bits per heavy atom. The van der Waals surface area contributed by atoms with Gasteiger partial charge >= 0.3 is 0 Å². The molecule has 0 aromatic carbocycles. The first-order valence-electron chi connectivity index (χ1n) is 6.54. The predicted octanol–water partition coefficient (Wildman–Crippen LogP) is 3.43. The summed E-state index contributed by atoms with van der Waals surface area (Å²) in [6, 6.07) is 3.50. The third-order valence-corrected chi connectivity index (χ3v) is 3.27. The highest BCUT2D eigenvalue weighted by Gasteiger charge is 2.18. The number of nitrogens with one attached hydrogen (secondary N) is 2. The topological polar surface area (TPSA) is 62.7 Å². The Balaban J connectivity index is 2.17. The van der Waals surface area contributed by atoms with Gasteiger partial charge in [0.15, 0.2) is 5.82 Å². The van der Waals surface area contributed by atoms with Crippen molar-refractivity contribution in [1.82, 2.24) is 14.8 Å². The van der Waals surface area contributed by atoms with Crippen LogP contribution in [0.2, 0.25) is 5.02 Å². The van der Waals surface area contributed by atoms with Crippen LogP contribution in [0.15, 0.2) is 18.3 Å². The van der Waals surface area contributed by atoms with E-state index in [4.69, 9.17) is 11.6 Å². The smallest absolute Gasteiger partial charge is 0.273 e. The molecule has 5 nitrogen and oxygen atoms in total. The molecule has 0 spiro atoms. The maximum absolute atomic E-state index is 12.2. The molecule has 0 atom stereocenters. The normalized spacial score (nSPS) is 11.7. The van der Waals surface area contributed by atoms with Crippen molar-refractivity contribution in [1.29, 1.82) is 0 Å². The monoisotopic (exact) mass is 294 g/mol. The Morgan fingerprint density at radius 3 is 2.70 bits per heavy atom. The molecule has 0 radical (unpaired) electrons. The number of nitrogens with zero attached hydrogens (tertiary/aromatic N) is 2. The van der Waals surface area contributed by atoms with Crippen LogP contribution in [0, 0.1) is 0 Å². The maximum atomic E-state index is 12.2. The fourth-order valence-corrected chi connectivity index (χ4v) is 2.10. The largest absolute Gasteiger partial charge is 0.342 e. The van der Waals surface area contributed by atoms with E-state index in [1.54, 1.807) is 16.8 Å². The highest BCUT2D eigenvalue weighted by Crippen LogP contribution is 2.22. The Hall–Kier alpha value is -1.75. The van der Waals surface area contributed by atoms with Gasteiger partial charge in [-0.3, -0.25) is 9.89 Å². The van der Waals surface area contributed by atoms with Crippen LogP contribution in [0.25, 0.3) is 0 Å². The van der Waals surface area contributed by atoms with Crippen molar-refractivity contribution in [3.8, 4) is 0 Å². The van der Waals surface area contributed by atoms with Gasteiger partial charge in [0.05, 0.1) is 5.02 Å². The summed E-state index contributed by atoms with van der Waals surface area (Å²) in [6.45, 7) is 8.87. The zero-order chi connectivity index (χ0) is 14.9. The second kappa shape index (κ2) is 5.32. The minimum absolute atomic E-state index is 0.0388. The lowest BCUT2D eigenvalue weighted by Crippen LogP contribution is -2.16. The van der Waals surface area contributed by atoms with Crippen LogP contribution < -0.4 is 5.32 Å². The number of hydrogen-bond donors (Lipinski definition) is 2. The van der Waals surface area contributed by atoms with E-state index >= 15 is 0 Å². The molecule has 20 heavy (non-hydrogen) atoms. The van der Waals surface area contributed by atoms with Gasteiger partial charge in [0, 0.05) is 29.9 Å². The Kier molecular flexibility index (Phi) is 3.90. The predicted molar refractivity (Wildman–Crippen MR) is 80.4 cm³/mol. The number of amides is 1. The standard InChI is InChI=1S/C14H19ClN4O/c1-5-19-8-9(15)6-10(19)13(20)16-12-7-11(17-18-12)14(2,3)4/h6-8H,5H2,1-4H3,(H2,16,17,18,20). The molecule has 2 N–H and O–H groups in total. The maximum Gasteiger partial charge on any atom is 0.273 e. The van der Waals surface area contributed by atoms with Gasteiger partial charge in [-0.25, -0.2) is 0 Å². The number of aryl methyl sites for hydroxylation is 1. The molecule has 0 saturated heterocycles. The van der Waals surface area contributed by atoms with Crippen molar-refractivity contribution in [2.45, 2.75) is 39.7 Å². The van der Waals surface area contributed by atoms with E-state index < -0.39 is 0 Å². The van der Waals surface area contributed by atoms with E-state index in [1.165, 1.54) is 0 Å². The Morgan fingerprint density at radius 1 is 1.45 bits per heavy atom. The van der Waals surface area contributed by atoms with Crippen molar-refractivity contribution >= 4 is 23.3 Å². The summed E-state index contributed by atoms with van der Waals surface area (Å²) in [6.07, 6.45) is 1.74. The van der Waals surface area contributed by atoms with Crippen LogP contribution in [0.4, 0.5) is 5.82 Å². The second-order valence-electron chi connectivity index (χ2n) is 5.70. The fraction of sp³-hybridized carbons (Fsp3) is 0.429. The SMILES string of the molecule is CCn1cc(Cl)cc1C(=O)Nc1cc(C(C)(C)C)[nH]n1. The van der Waals surface area contributed by atoms with E-state index in [9.17, 15) is 4.79 Å². The quantitative estimate of drug-likeness (QED) is 0.911. The zero-order valence-corrected chi connectivity index (χ0v) is 12.9. The summed E-state index contributed by atoms with van der Waals surface area (Å²) in [4.78, 5) is 12.2. The fourth-order valence-electron chi connectivity index (χ4n) is 1.88. The van der Waals surface area contributed by atoms with Gasteiger partial charge in [0.2, 0.25) is 0 Å². The summed E-state index contributed by atoms with van der Waals surface area (Å²) in [5.74, 6) is 0.297. The molecular weight excluding hydrogens is 276 g/mol. The molecule has 2 aromatic rings. The highest BCUT2D eigenvalue weighted by atomic mass is 35.5. The first-order valence-corrected chi connectivity index (χ1v) is 6.92. The molecular formula is C14H19ClN4O.